The van der Waals surface area contributed by atoms with Gasteiger partial charge >= 0.3 is 0 Å². The van der Waals surface area contributed by atoms with Crippen LogP contribution in [0.5, 0.6) is 0 Å². The van der Waals surface area contributed by atoms with Crippen LogP contribution in [0.3, 0.4) is 0 Å². The summed E-state index contributed by atoms with van der Waals surface area (Å²) >= 11 is 0. The molecule has 1 rings (SSSR count). The summed E-state index contributed by atoms with van der Waals surface area (Å²) in [7, 11) is 0. The van der Waals surface area contributed by atoms with Gasteiger partial charge in [0.2, 0.25) is 0 Å². The number of halogens is 2. The quantitative estimate of drug-likeness (QED) is 0.694. The smallest absolute Gasteiger partial charge is 0.260 e. The number of hydrogen-bond donors (Lipinski definition) is 0. The van der Waals surface area contributed by atoms with E-state index in [-0.39, 0.29) is 16.8 Å². The van der Waals surface area contributed by atoms with E-state index in [1.165, 1.54) is 13.1 Å². The fraction of sp³-hybridized carbons (Fsp3) is 0.400. The van der Waals surface area contributed by atoms with Gasteiger partial charge in [-0.05, 0) is 13.0 Å². The molecular weight excluding hydrogens is 186 g/mol. The van der Waals surface area contributed by atoms with E-state index in [1.54, 1.807) is 6.07 Å². The van der Waals surface area contributed by atoms with Crippen molar-refractivity contribution in [1.82, 2.24) is 4.98 Å². The summed E-state index contributed by atoms with van der Waals surface area (Å²) in [5.41, 5.74) is 0.258. The molecule has 0 amide bonds. The maximum absolute atomic E-state index is 12.2. The third-order valence-electron chi connectivity index (χ3n) is 1.49. The zero-order chi connectivity index (χ0) is 11.1. The minimum Gasteiger partial charge on any atom is -0.260 e. The highest BCUT2D eigenvalue weighted by molar-refractivity contribution is 5.33. The molecule has 0 N–H and O–H groups in total. The lowest BCUT2D eigenvalue weighted by Gasteiger charge is -2.02. The Hall–Kier alpha value is -1.50. The highest BCUT2D eigenvalue weighted by atomic mass is 19.3. The lowest BCUT2D eigenvalue weighted by atomic mass is 10.1. The van der Waals surface area contributed by atoms with Crippen molar-refractivity contribution in [2.75, 3.05) is 0 Å². The van der Waals surface area contributed by atoms with E-state index in [0.717, 1.165) is 6.07 Å². The van der Waals surface area contributed by atoms with Crippen molar-refractivity contribution >= 4 is 0 Å². The van der Waals surface area contributed by atoms with Crippen LogP contribution in [0.4, 0.5) is 8.78 Å². The molecule has 0 saturated heterocycles. The fourth-order valence-electron chi connectivity index (χ4n) is 0.832. The van der Waals surface area contributed by atoms with E-state index in [0.29, 0.717) is 0 Å². The normalized spacial score (nSPS) is 8.93. The van der Waals surface area contributed by atoms with Gasteiger partial charge in [-0.2, -0.15) is 5.26 Å². The predicted molar refractivity (Wildman–Crippen MR) is 50.0 cm³/mol. The van der Waals surface area contributed by atoms with Crippen LogP contribution in [0.25, 0.3) is 0 Å². The highest BCUT2D eigenvalue weighted by Crippen LogP contribution is 2.21. The van der Waals surface area contributed by atoms with Crippen LogP contribution in [0.1, 0.15) is 37.1 Å². The molecule has 0 aliphatic carbocycles. The molecule has 0 fully saturated rings. The number of aryl methyl sites for hydroxylation is 1. The van der Waals surface area contributed by atoms with E-state index < -0.39 is 6.43 Å². The van der Waals surface area contributed by atoms with Gasteiger partial charge in [-0.25, -0.2) is 8.78 Å². The molecule has 76 valence electrons. The van der Waals surface area contributed by atoms with Crippen molar-refractivity contribution in [1.29, 1.82) is 5.26 Å². The van der Waals surface area contributed by atoms with Crippen molar-refractivity contribution in [2.24, 2.45) is 0 Å². The van der Waals surface area contributed by atoms with Gasteiger partial charge < -0.3 is 0 Å². The largest absolute Gasteiger partial charge is 0.265 e. The molecular formula is C10H12F2N2. The molecule has 0 aromatic carbocycles. The number of nitrogens with zero attached hydrogens (tertiary/aromatic N) is 2. The van der Waals surface area contributed by atoms with Gasteiger partial charge in [-0.15, -0.1) is 0 Å². The second kappa shape index (κ2) is 6.03. The summed E-state index contributed by atoms with van der Waals surface area (Å²) in [6.07, 6.45) is -1.29. The summed E-state index contributed by atoms with van der Waals surface area (Å²) in [4.78, 5) is 3.67. The first-order valence-corrected chi connectivity index (χ1v) is 4.30. The summed E-state index contributed by atoms with van der Waals surface area (Å²) in [5.74, 6) is 0. The Morgan fingerprint density at radius 3 is 2.43 bits per heavy atom. The van der Waals surface area contributed by atoms with Crippen LogP contribution in [0.2, 0.25) is 0 Å². The van der Waals surface area contributed by atoms with Gasteiger partial charge in [-0.1, -0.05) is 13.8 Å². The van der Waals surface area contributed by atoms with Crippen LogP contribution < -0.4 is 0 Å². The Morgan fingerprint density at radius 1 is 1.43 bits per heavy atom. The molecule has 0 spiro atoms. The van der Waals surface area contributed by atoms with E-state index >= 15 is 0 Å². The number of pyridine rings is 1. The second-order valence-electron chi connectivity index (χ2n) is 2.31. The average Bonchev–Trinajstić information content (AvgIpc) is 2.21. The molecule has 0 aliphatic rings. The van der Waals surface area contributed by atoms with Crippen molar-refractivity contribution in [2.45, 2.75) is 27.2 Å². The van der Waals surface area contributed by atoms with Crippen molar-refractivity contribution in [3.63, 3.8) is 0 Å². The first-order valence-electron chi connectivity index (χ1n) is 4.30. The van der Waals surface area contributed by atoms with Gasteiger partial charge in [0.1, 0.15) is 6.07 Å². The molecule has 1 aromatic rings. The zero-order valence-corrected chi connectivity index (χ0v) is 8.38. The molecule has 0 atom stereocenters. The van der Waals surface area contributed by atoms with E-state index in [4.69, 9.17) is 5.26 Å². The monoisotopic (exact) mass is 198 g/mol. The van der Waals surface area contributed by atoms with Gasteiger partial charge in [0.05, 0.1) is 5.56 Å². The molecule has 0 unspecified atom stereocenters. The average molecular weight is 198 g/mol. The summed E-state index contributed by atoms with van der Waals surface area (Å²) in [6.45, 7) is 5.49. The van der Waals surface area contributed by atoms with Crippen molar-refractivity contribution in [3.05, 3.63) is 29.1 Å². The van der Waals surface area contributed by atoms with Crippen LogP contribution >= 0.6 is 0 Å². The minimum atomic E-state index is -2.56. The third kappa shape index (κ3) is 3.09. The molecule has 0 aliphatic heterocycles. The van der Waals surface area contributed by atoms with Gasteiger partial charge in [0, 0.05) is 17.5 Å². The lowest BCUT2D eigenvalue weighted by molar-refractivity contribution is 0.150. The summed E-state index contributed by atoms with van der Waals surface area (Å²) in [6, 6.07) is 2.91. The SMILES string of the molecule is CC.Cc1ncc(C#N)cc1C(F)F. The van der Waals surface area contributed by atoms with Gasteiger partial charge in [0.25, 0.3) is 6.43 Å². The number of aromatic nitrogens is 1. The molecule has 0 saturated carbocycles. The van der Waals surface area contributed by atoms with Crippen molar-refractivity contribution in [3.8, 4) is 6.07 Å². The van der Waals surface area contributed by atoms with Gasteiger partial charge in [-0.3, -0.25) is 4.98 Å². The molecule has 0 bridgehead atoms. The molecule has 2 nitrogen and oxygen atoms in total. The maximum Gasteiger partial charge on any atom is 0.265 e. The van der Waals surface area contributed by atoms with E-state index in [9.17, 15) is 8.78 Å². The van der Waals surface area contributed by atoms with Crippen LogP contribution in [0.15, 0.2) is 12.3 Å². The van der Waals surface area contributed by atoms with E-state index in [1.807, 2.05) is 13.8 Å². The standard InChI is InChI=1S/C8H6F2N2.C2H6/c1-5-7(8(9)10)2-6(3-11)4-12-5;1-2/h2,4,8H,1H3;1-2H3. The predicted octanol–water partition coefficient (Wildman–Crippen LogP) is 3.23. The molecule has 4 heteroatoms. The first-order chi connectivity index (χ1) is 6.65. The summed E-state index contributed by atoms with van der Waals surface area (Å²) in [5, 5.41) is 8.40. The van der Waals surface area contributed by atoms with Crippen LogP contribution in [-0.2, 0) is 0 Å². The number of rotatable bonds is 1. The first kappa shape index (κ1) is 12.5. The Bertz CT molecular complexity index is 329. The van der Waals surface area contributed by atoms with E-state index in [2.05, 4.69) is 4.98 Å². The second-order valence-corrected chi connectivity index (χ2v) is 2.31. The van der Waals surface area contributed by atoms with Crippen molar-refractivity contribution < 1.29 is 8.78 Å². The minimum absolute atomic E-state index is 0.163. The maximum atomic E-state index is 12.2. The Morgan fingerprint density at radius 2 is 2.00 bits per heavy atom. The highest BCUT2D eigenvalue weighted by Gasteiger charge is 2.11. The van der Waals surface area contributed by atoms with Crippen LogP contribution in [-0.4, -0.2) is 4.98 Å². The Kier molecular flexibility index (Phi) is 5.38. The fourth-order valence-corrected chi connectivity index (χ4v) is 0.832. The number of hydrogen-bond acceptors (Lipinski definition) is 2. The summed E-state index contributed by atoms with van der Waals surface area (Å²) < 4.78 is 24.4. The number of nitriles is 1. The zero-order valence-electron chi connectivity index (χ0n) is 8.38. The molecule has 0 radical (unpaired) electrons. The Labute approximate surface area is 82.2 Å². The lowest BCUT2D eigenvalue weighted by Crippen LogP contribution is -1.93. The van der Waals surface area contributed by atoms with Crippen LogP contribution in [0, 0.1) is 18.3 Å². The Balaban J connectivity index is 0.000000791. The molecule has 1 aromatic heterocycles. The number of alkyl halides is 2. The third-order valence-corrected chi connectivity index (χ3v) is 1.49. The molecule has 14 heavy (non-hydrogen) atoms. The topological polar surface area (TPSA) is 36.7 Å². The van der Waals surface area contributed by atoms with Gasteiger partial charge in [0.15, 0.2) is 0 Å². The molecule has 1 heterocycles.